The van der Waals surface area contributed by atoms with Gasteiger partial charge in [0.1, 0.15) is 5.82 Å². The summed E-state index contributed by atoms with van der Waals surface area (Å²) in [7, 11) is 1.69. The Balaban J connectivity index is 1.85. The van der Waals surface area contributed by atoms with E-state index in [1.807, 2.05) is 36.4 Å². The van der Waals surface area contributed by atoms with Gasteiger partial charge in [-0.3, -0.25) is 4.79 Å². The summed E-state index contributed by atoms with van der Waals surface area (Å²) in [6.45, 7) is 2.15. The number of halogens is 2. The molecule has 0 spiro atoms. The molecule has 0 unspecified atom stereocenters. The molecule has 0 atom stereocenters. The Hall–Kier alpha value is -2.37. The normalized spacial score (nSPS) is 10.7. The van der Waals surface area contributed by atoms with Gasteiger partial charge >= 0.3 is 0 Å². The van der Waals surface area contributed by atoms with Crippen LogP contribution in [0.25, 0.3) is 5.69 Å². The molecule has 7 heteroatoms. The first kappa shape index (κ1) is 17.5. The number of rotatable bonds is 4. The van der Waals surface area contributed by atoms with E-state index >= 15 is 0 Å². The lowest BCUT2D eigenvalue weighted by Gasteiger charge is -2.16. The minimum atomic E-state index is -0.283. The van der Waals surface area contributed by atoms with Crippen LogP contribution in [-0.4, -0.2) is 32.6 Å². The topological polar surface area (TPSA) is 51.0 Å². The van der Waals surface area contributed by atoms with Gasteiger partial charge in [0.25, 0.3) is 5.91 Å². The van der Waals surface area contributed by atoms with Crippen LogP contribution in [0.15, 0.2) is 48.5 Å². The fourth-order valence-electron chi connectivity index (χ4n) is 2.46. The van der Waals surface area contributed by atoms with Crippen molar-refractivity contribution in [2.45, 2.75) is 13.5 Å². The van der Waals surface area contributed by atoms with Crippen molar-refractivity contribution in [2.24, 2.45) is 0 Å². The fourth-order valence-corrected chi connectivity index (χ4v) is 2.87. The summed E-state index contributed by atoms with van der Waals surface area (Å²) in [4.78, 5) is 18.5. The molecule has 0 saturated heterocycles. The van der Waals surface area contributed by atoms with E-state index in [9.17, 15) is 4.79 Å². The van der Waals surface area contributed by atoms with Crippen LogP contribution >= 0.6 is 23.2 Å². The Labute approximate surface area is 155 Å². The fraction of sp³-hybridized carbons (Fsp3) is 0.167. The Bertz CT molecular complexity index is 923. The molecule has 1 aromatic heterocycles. The van der Waals surface area contributed by atoms with Gasteiger partial charge in [0.05, 0.1) is 10.7 Å². The van der Waals surface area contributed by atoms with Crippen molar-refractivity contribution in [1.82, 2.24) is 19.7 Å². The molecular weight excluding hydrogens is 359 g/mol. The van der Waals surface area contributed by atoms with Crippen LogP contribution < -0.4 is 0 Å². The van der Waals surface area contributed by atoms with Crippen molar-refractivity contribution in [2.75, 3.05) is 7.05 Å². The summed E-state index contributed by atoms with van der Waals surface area (Å²) >= 11 is 12.4. The van der Waals surface area contributed by atoms with Gasteiger partial charge in [0.15, 0.2) is 0 Å². The highest BCUT2D eigenvalue weighted by atomic mass is 35.5. The minimum absolute atomic E-state index is 0.118. The van der Waals surface area contributed by atoms with Crippen molar-refractivity contribution in [3.63, 3.8) is 0 Å². The number of amides is 1. The molecule has 0 saturated carbocycles. The number of hydrogen-bond donors (Lipinski definition) is 0. The van der Waals surface area contributed by atoms with E-state index < -0.39 is 0 Å². The number of para-hydroxylation sites is 1. The lowest BCUT2D eigenvalue weighted by molar-refractivity contribution is 0.0773. The molecule has 3 aromatic rings. The molecule has 0 radical (unpaired) electrons. The van der Waals surface area contributed by atoms with Gasteiger partial charge in [-0.25, -0.2) is 9.67 Å². The van der Waals surface area contributed by atoms with Crippen molar-refractivity contribution in [1.29, 1.82) is 0 Å². The molecule has 1 heterocycles. The third kappa shape index (κ3) is 3.67. The number of carbonyl (C=O) groups excluding carboxylic acids is 1. The maximum Gasteiger partial charge on any atom is 0.293 e. The Kier molecular flexibility index (Phi) is 5.06. The molecule has 0 fully saturated rings. The van der Waals surface area contributed by atoms with Crippen LogP contribution in [0, 0.1) is 6.92 Å². The summed E-state index contributed by atoms with van der Waals surface area (Å²) < 4.78 is 1.57. The molecule has 1 amide bonds. The standard InChI is InChI=1S/C18H16Cl2N4O/c1-12-21-17(22-24(12)16-10-6-5-9-15(16)20)18(25)23(2)11-13-7-3-4-8-14(13)19/h3-10H,11H2,1-2H3. The Morgan fingerprint density at radius 2 is 1.72 bits per heavy atom. The average molecular weight is 375 g/mol. The minimum Gasteiger partial charge on any atom is -0.335 e. The highest BCUT2D eigenvalue weighted by molar-refractivity contribution is 6.32. The average Bonchev–Trinajstić information content (AvgIpc) is 2.98. The van der Waals surface area contributed by atoms with Gasteiger partial charge in [0.2, 0.25) is 5.82 Å². The van der Waals surface area contributed by atoms with Gasteiger partial charge in [-0.15, -0.1) is 5.10 Å². The second-order valence-electron chi connectivity index (χ2n) is 5.60. The molecular formula is C18H16Cl2N4O. The first-order valence-corrected chi connectivity index (χ1v) is 8.40. The molecule has 0 aliphatic rings. The lowest BCUT2D eigenvalue weighted by Crippen LogP contribution is -2.27. The number of carbonyl (C=O) groups is 1. The van der Waals surface area contributed by atoms with Crippen LogP contribution in [0.5, 0.6) is 0 Å². The van der Waals surface area contributed by atoms with Crippen LogP contribution in [-0.2, 0) is 6.54 Å². The molecule has 128 valence electrons. The summed E-state index contributed by atoms with van der Waals surface area (Å²) in [6.07, 6.45) is 0. The molecule has 0 aliphatic heterocycles. The maximum absolute atomic E-state index is 12.7. The number of hydrogen-bond acceptors (Lipinski definition) is 3. The monoisotopic (exact) mass is 374 g/mol. The second kappa shape index (κ2) is 7.25. The highest BCUT2D eigenvalue weighted by Crippen LogP contribution is 2.21. The SMILES string of the molecule is Cc1nc(C(=O)N(C)Cc2ccccc2Cl)nn1-c1ccccc1Cl. The van der Waals surface area contributed by atoms with Crippen molar-refractivity contribution in [3.05, 3.63) is 75.8 Å². The van der Waals surface area contributed by atoms with E-state index in [2.05, 4.69) is 10.1 Å². The molecule has 3 rings (SSSR count). The zero-order valence-corrected chi connectivity index (χ0v) is 15.3. The van der Waals surface area contributed by atoms with E-state index in [0.717, 1.165) is 5.56 Å². The smallest absolute Gasteiger partial charge is 0.293 e. The quantitative estimate of drug-likeness (QED) is 0.688. The van der Waals surface area contributed by atoms with Crippen molar-refractivity contribution < 1.29 is 4.79 Å². The van der Waals surface area contributed by atoms with Crippen LogP contribution in [0.2, 0.25) is 10.0 Å². The lowest BCUT2D eigenvalue weighted by atomic mass is 10.2. The van der Waals surface area contributed by atoms with Gasteiger partial charge < -0.3 is 4.90 Å². The first-order chi connectivity index (χ1) is 12.0. The van der Waals surface area contributed by atoms with E-state index in [4.69, 9.17) is 23.2 Å². The second-order valence-corrected chi connectivity index (χ2v) is 6.41. The molecule has 0 bridgehead atoms. The number of nitrogens with zero attached hydrogens (tertiary/aromatic N) is 4. The molecule has 2 aromatic carbocycles. The van der Waals surface area contributed by atoms with E-state index in [-0.39, 0.29) is 11.7 Å². The summed E-state index contributed by atoms with van der Waals surface area (Å²) in [5, 5.41) is 5.48. The van der Waals surface area contributed by atoms with Gasteiger partial charge in [-0.2, -0.15) is 0 Å². The zero-order valence-electron chi connectivity index (χ0n) is 13.8. The molecule has 0 N–H and O–H groups in total. The Morgan fingerprint density at radius 3 is 2.40 bits per heavy atom. The van der Waals surface area contributed by atoms with Crippen LogP contribution in [0.4, 0.5) is 0 Å². The number of benzene rings is 2. The third-order valence-corrected chi connectivity index (χ3v) is 4.44. The summed E-state index contributed by atoms with van der Waals surface area (Å²) in [5.74, 6) is 0.420. The van der Waals surface area contributed by atoms with Crippen LogP contribution in [0.1, 0.15) is 22.0 Å². The predicted molar refractivity (Wildman–Crippen MR) is 98.4 cm³/mol. The molecule has 0 aliphatic carbocycles. The molecule has 5 nitrogen and oxygen atoms in total. The first-order valence-electron chi connectivity index (χ1n) is 7.65. The third-order valence-electron chi connectivity index (χ3n) is 3.75. The zero-order chi connectivity index (χ0) is 18.0. The highest BCUT2D eigenvalue weighted by Gasteiger charge is 2.20. The van der Waals surface area contributed by atoms with E-state index in [1.54, 1.807) is 30.8 Å². The van der Waals surface area contributed by atoms with E-state index in [0.29, 0.717) is 28.1 Å². The van der Waals surface area contributed by atoms with E-state index in [1.165, 1.54) is 4.90 Å². The van der Waals surface area contributed by atoms with Crippen LogP contribution in [0.3, 0.4) is 0 Å². The van der Waals surface area contributed by atoms with Gasteiger partial charge in [0, 0.05) is 18.6 Å². The number of aromatic nitrogens is 3. The summed E-state index contributed by atoms with van der Waals surface area (Å²) in [5.41, 5.74) is 1.55. The number of aryl methyl sites for hydroxylation is 1. The van der Waals surface area contributed by atoms with Crippen molar-refractivity contribution in [3.8, 4) is 5.69 Å². The largest absolute Gasteiger partial charge is 0.335 e. The van der Waals surface area contributed by atoms with Gasteiger partial charge in [-0.1, -0.05) is 53.5 Å². The van der Waals surface area contributed by atoms with Gasteiger partial charge in [-0.05, 0) is 30.7 Å². The van der Waals surface area contributed by atoms with Crippen molar-refractivity contribution >= 4 is 29.1 Å². The molecule has 25 heavy (non-hydrogen) atoms. The maximum atomic E-state index is 12.7. The Morgan fingerprint density at radius 1 is 1.08 bits per heavy atom. The predicted octanol–water partition coefficient (Wildman–Crippen LogP) is 4.15. The summed E-state index contributed by atoms with van der Waals surface area (Å²) in [6, 6.07) is 14.7.